The van der Waals surface area contributed by atoms with Crippen LogP contribution in [0.5, 0.6) is 0 Å². The number of benzene rings is 7. The molecule has 5 heteroatoms. The summed E-state index contributed by atoms with van der Waals surface area (Å²) in [5.41, 5.74) is 6.97. The lowest BCUT2D eigenvalue weighted by Crippen LogP contribution is -2.74. The lowest BCUT2D eigenvalue weighted by Gasteiger charge is -2.34. The summed E-state index contributed by atoms with van der Waals surface area (Å²) in [6.07, 6.45) is 3.86. The van der Waals surface area contributed by atoms with E-state index in [0.717, 1.165) is 60.6 Å². The van der Waals surface area contributed by atoms with Gasteiger partial charge in [0.15, 0.2) is 8.07 Å². The second kappa shape index (κ2) is 12.0. The Labute approximate surface area is 300 Å². The van der Waals surface area contributed by atoms with E-state index in [-0.39, 0.29) is 5.82 Å². The van der Waals surface area contributed by atoms with Crippen LogP contribution in [0.4, 0.5) is 4.39 Å². The predicted molar refractivity (Wildman–Crippen MR) is 215 cm³/mol. The Kier molecular flexibility index (Phi) is 7.01. The standard InChI is InChI=1S/C47H31FN2OSi/c48-33-22-26-44-42(29-33)43-30-37(25-27-45(43)50(44)34-11-3-1-4-12-34)52(35-13-5-2-6-14-35,38-15-10-28-49-31-38)36-23-20-32(21-24-36)39-17-9-18-41-40-16-7-8-19-46(40)51-47(39)41/h1-31H. The van der Waals surface area contributed by atoms with Crippen molar-refractivity contribution in [2.75, 3.05) is 0 Å². The number of nitrogens with zero attached hydrogens (tertiary/aromatic N) is 2. The number of rotatable bonds is 6. The van der Waals surface area contributed by atoms with Crippen molar-refractivity contribution >= 4 is 72.6 Å². The number of fused-ring (bicyclic) bond motifs is 6. The number of furan rings is 1. The Morgan fingerprint density at radius 1 is 0.500 bits per heavy atom. The monoisotopic (exact) mass is 686 g/mol. The highest BCUT2D eigenvalue weighted by atomic mass is 28.3. The van der Waals surface area contributed by atoms with Gasteiger partial charge in [-0.25, -0.2) is 4.39 Å². The van der Waals surface area contributed by atoms with Crippen LogP contribution in [0.25, 0.3) is 60.6 Å². The molecular formula is C47H31FN2OSi. The molecule has 246 valence electrons. The molecule has 10 aromatic rings. The molecule has 3 aromatic heterocycles. The Morgan fingerprint density at radius 2 is 1.15 bits per heavy atom. The third-order valence-electron chi connectivity index (χ3n) is 10.5. The van der Waals surface area contributed by atoms with Gasteiger partial charge in [0.2, 0.25) is 0 Å². The highest BCUT2D eigenvalue weighted by molar-refractivity contribution is 7.20. The van der Waals surface area contributed by atoms with Gasteiger partial charge in [-0.3, -0.25) is 4.98 Å². The molecule has 1 atom stereocenters. The summed E-state index contributed by atoms with van der Waals surface area (Å²) in [7, 11) is -2.98. The molecule has 0 saturated carbocycles. The summed E-state index contributed by atoms with van der Waals surface area (Å²) in [5.74, 6) is -0.251. The molecule has 0 aliphatic rings. The molecule has 0 bridgehead atoms. The first-order valence-corrected chi connectivity index (χ1v) is 19.5. The van der Waals surface area contributed by atoms with Crippen LogP contribution in [-0.4, -0.2) is 17.6 Å². The Balaban J connectivity index is 1.24. The Hall–Kier alpha value is -6.56. The Morgan fingerprint density at radius 3 is 1.94 bits per heavy atom. The van der Waals surface area contributed by atoms with E-state index in [1.54, 1.807) is 12.1 Å². The normalized spacial score (nSPS) is 12.9. The van der Waals surface area contributed by atoms with Crippen LogP contribution in [0.15, 0.2) is 193 Å². The van der Waals surface area contributed by atoms with E-state index in [2.05, 4.69) is 131 Å². The van der Waals surface area contributed by atoms with Crippen molar-refractivity contribution in [2.24, 2.45) is 0 Å². The summed E-state index contributed by atoms with van der Waals surface area (Å²) >= 11 is 0. The van der Waals surface area contributed by atoms with Gasteiger partial charge in [0.25, 0.3) is 0 Å². The van der Waals surface area contributed by atoms with Crippen LogP contribution in [-0.2, 0) is 0 Å². The second-order valence-corrected chi connectivity index (χ2v) is 17.1. The van der Waals surface area contributed by atoms with Crippen LogP contribution < -0.4 is 20.7 Å². The number of pyridine rings is 1. The summed E-state index contributed by atoms with van der Waals surface area (Å²) in [4.78, 5) is 4.68. The topological polar surface area (TPSA) is 31.0 Å². The maximum absolute atomic E-state index is 15.0. The summed E-state index contributed by atoms with van der Waals surface area (Å²) < 4.78 is 23.7. The van der Waals surface area contributed by atoms with Crippen LogP contribution >= 0.6 is 0 Å². The average Bonchev–Trinajstić information content (AvgIpc) is 3.75. The van der Waals surface area contributed by atoms with Gasteiger partial charge in [-0.2, -0.15) is 0 Å². The van der Waals surface area contributed by atoms with Crippen LogP contribution in [0.2, 0.25) is 0 Å². The first-order valence-electron chi connectivity index (χ1n) is 17.5. The number of hydrogen-bond acceptors (Lipinski definition) is 2. The maximum atomic E-state index is 15.0. The molecule has 0 spiro atoms. The molecule has 10 rings (SSSR count). The van der Waals surface area contributed by atoms with Crippen molar-refractivity contribution in [1.82, 2.24) is 9.55 Å². The minimum atomic E-state index is -2.98. The number of para-hydroxylation sites is 3. The van der Waals surface area contributed by atoms with Gasteiger partial charge in [-0.05, 0) is 74.8 Å². The van der Waals surface area contributed by atoms with Crippen molar-refractivity contribution in [3.63, 3.8) is 0 Å². The van der Waals surface area contributed by atoms with E-state index in [1.807, 2.05) is 54.9 Å². The highest BCUT2D eigenvalue weighted by Gasteiger charge is 2.42. The van der Waals surface area contributed by atoms with E-state index < -0.39 is 8.07 Å². The Bertz CT molecular complexity index is 2860. The van der Waals surface area contributed by atoms with Crippen molar-refractivity contribution in [3.05, 3.63) is 194 Å². The molecule has 3 nitrogen and oxygen atoms in total. The van der Waals surface area contributed by atoms with Crippen molar-refractivity contribution in [3.8, 4) is 16.8 Å². The van der Waals surface area contributed by atoms with Gasteiger partial charge in [-0.1, -0.05) is 127 Å². The third-order valence-corrected chi connectivity index (χ3v) is 15.2. The zero-order valence-electron chi connectivity index (χ0n) is 28.1. The van der Waals surface area contributed by atoms with Crippen LogP contribution in [0.1, 0.15) is 0 Å². The van der Waals surface area contributed by atoms with E-state index in [4.69, 9.17) is 4.42 Å². The predicted octanol–water partition coefficient (Wildman–Crippen LogP) is 9.26. The second-order valence-electron chi connectivity index (χ2n) is 13.3. The lowest BCUT2D eigenvalue weighted by molar-refractivity contribution is 0.629. The first kappa shape index (κ1) is 30.3. The van der Waals surface area contributed by atoms with Gasteiger partial charge < -0.3 is 8.98 Å². The van der Waals surface area contributed by atoms with Crippen molar-refractivity contribution in [2.45, 2.75) is 0 Å². The minimum Gasteiger partial charge on any atom is -0.455 e. The molecular weight excluding hydrogens is 656 g/mol. The number of aromatic nitrogens is 2. The van der Waals surface area contributed by atoms with Gasteiger partial charge in [0.1, 0.15) is 17.0 Å². The minimum absolute atomic E-state index is 0.251. The molecule has 3 heterocycles. The van der Waals surface area contributed by atoms with Crippen LogP contribution in [0, 0.1) is 5.82 Å². The van der Waals surface area contributed by atoms with E-state index in [0.29, 0.717) is 0 Å². The maximum Gasteiger partial charge on any atom is 0.181 e. The summed E-state index contributed by atoms with van der Waals surface area (Å²) in [6.45, 7) is 0. The molecule has 0 fully saturated rings. The smallest absolute Gasteiger partial charge is 0.181 e. The highest BCUT2D eigenvalue weighted by Crippen LogP contribution is 2.36. The van der Waals surface area contributed by atoms with Crippen molar-refractivity contribution < 1.29 is 8.81 Å². The quantitative estimate of drug-likeness (QED) is 0.129. The van der Waals surface area contributed by atoms with Gasteiger partial charge >= 0.3 is 0 Å². The fraction of sp³-hybridized carbons (Fsp3) is 0. The molecule has 1 unspecified atom stereocenters. The van der Waals surface area contributed by atoms with Gasteiger partial charge in [-0.15, -0.1) is 0 Å². The third kappa shape index (κ3) is 4.60. The fourth-order valence-corrected chi connectivity index (χ4v) is 12.9. The summed E-state index contributed by atoms with van der Waals surface area (Å²) in [6, 6.07) is 60.9. The lowest BCUT2D eigenvalue weighted by atomic mass is 10.0. The number of hydrogen-bond donors (Lipinski definition) is 0. The van der Waals surface area contributed by atoms with E-state index >= 15 is 4.39 Å². The molecule has 0 aliphatic carbocycles. The van der Waals surface area contributed by atoms with Crippen LogP contribution in [0.3, 0.4) is 0 Å². The molecule has 0 N–H and O–H groups in total. The molecule has 0 amide bonds. The van der Waals surface area contributed by atoms with Gasteiger partial charge in [0.05, 0.1) is 11.0 Å². The number of halogens is 1. The summed E-state index contributed by atoms with van der Waals surface area (Å²) in [5, 5.41) is 8.97. The first-order chi connectivity index (χ1) is 25.7. The van der Waals surface area contributed by atoms with E-state index in [9.17, 15) is 0 Å². The molecule has 0 radical (unpaired) electrons. The molecule has 52 heavy (non-hydrogen) atoms. The van der Waals surface area contributed by atoms with E-state index in [1.165, 1.54) is 20.7 Å². The molecule has 0 aliphatic heterocycles. The fourth-order valence-electron chi connectivity index (χ4n) is 8.23. The molecule has 0 saturated heterocycles. The average molecular weight is 687 g/mol. The zero-order valence-corrected chi connectivity index (χ0v) is 29.1. The zero-order chi connectivity index (χ0) is 34.6. The SMILES string of the molecule is Fc1ccc2c(c1)c1cc([Si](c3ccccc3)(c3ccc(-c4cccc5c4oc4ccccc45)cc3)c3cccnc3)ccc1n2-c1ccccc1. The largest absolute Gasteiger partial charge is 0.455 e. The van der Waals surface area contributed by atoms with Gasteiger partial charge in [0, 0.05) is 45.2 Å². The molecule has 7 aromatic carbocycles. The van der Waals surface area contributed by atoms with Crippen molar-refractivity contribution in [1.29, 1.82) is 0 Å².